The Kier molecular flexibility index (Phi) is 6.45. The fraction of sp³-hybridized carbons (Fsp3) is 0.500. The van der Waals surface area contributed by atoms with E-state index in [1.807, 2.05) is 29.2 Å². The molecule has 30 heavy (non-hydrogen) atoms. The van der Waals surface area contributed by atoms with Gasteiger partial charge >= 0.3 is 0 Å². The van der Waals surface area contributed by atoms with Gasteiger partial charge in [0.25, 0.3) is 11.8 Å². The molecule has 2 aromatic rings. The Hall–Kier alpha value is -2.87. The molecule has 1 aromatic carbocycles. The maximum atomic E-state index is 12.8. The zero-order valence-corrected chi connectivity index (χ0v) is 18.2. The molecule has 2 amide bonds. The number of imidazole rings is 1. The second kappa shape index (κ2) is 8.87. The van der Waals surface area contributed by atoms with Crippen LogP contribution in [0.15, 0.2) is 24.3 Å². The van der Waals surface area contributed by atoms with Crippen molar-refractivity contribution in [3.05, 3.63) is 35.8 Å². The second-order valence-electron chi connectivity index (χ2n) is 7.96. The molecule has 8 heteroatoms. The van der Waals surface area contributed by atoms with E-state index in [4.69, 9.17) is 14.5 Å². The number of carbonyl (C=O) groups is 2. The fourth-order valence-electron chi connectivity index (χ4n) is 3.68. The summed E-state index contributed by atoms with van der Waals surface area (Å²) in [5, 5.41) is 2.67. The Bertz CT molecular complexity index is 904. The zero-order chi connectivity index (χ0) is 21.9. The zero-order valence-electron chi connectivity index (χ0n) is 18.2. The molecule has 2 N–H and O–H groups in total. The van der Waals surface area contributed by atoms with Gasteiger partial charge < -0.3 is 24.7 Å². The number of benzene rings is 1. The van der Waals surface area contributed by atoms with Gasteiger partial charge in [0.15, 0.2) is 0 Å². The Balaban J connectivity index is 1.91. The van der Waals surface area contributed by atoms with E-state index in [-0.39, 0.29) is 17.7 Å². The first-order valence-electron chi connectivity index (χ1n) is 10.1. The van der Waals surface area contributed by atoms with E-state index in [1.165, 1.54) is 0 Å². The van der Waals surface area contributed by atoms with Gasteiger partial charge in [-0.2, -0.15) is 0 Å². The molecule has 1 aliphatic heterocycles. The van der Waals surface area contributed by atoms with Gasteiger partial charge in [-0.1, -0.05) is 0 Å². The SMILES string of the molecule is CNC(=O)c1[nH]c([C@@H]2CCCN(C(=O)C(C)(C)OC)C2)nc1-c1ccc(OC)cc1. The molecule has 0 radical (unpaired) electrons. The fourth-order valence-corrected chi connectivity index (χ4v) is 3.68. The molecular formula is C22H30N4O4. The Morgan fingerprint density at radius 2 is 1.93 bits per heavy atom. The van der Waals surface area contributed by atoms with E-state index >= 15 is 0 Å². The van der Waals surface area contributed by atoms with E-state index in [0.717, 1.165) is 24.2 Å². The Morgan fingerprint density at radius 1 is 1.23 bits per heavy atom. The monoisotopic (exact) mass is 414 g/mol. The largest absolute Gasteiger partial charge is 0.497 e. The van der Waals surface area contributed by atoms with Crippen molar-refractivity contribution >= 4 is 11.8 Å². The van der Waals surface area contributed by atoms with Crippen LogP contribution in [0.25, 0.3) is 11.3 Å². The van der Waals surface area contributed by atoms with Crippen LogP contribution in [0.5, 0.6) is 5.75 Å². The molecule has 1 aromatic heterocycles. The summed E-state index contributed by atoms with van der Waals surface area (Å²) in [5.74, 6) is 1.20. The summed E-state index contributed by atoms with van der Waals surface area (Å²) in [6.07, 6.45) is 1.75. The summed E-state index contributed by atoms with van der Waals surface area (Å²) in [6.45, 7) is 4.78. The van der Waals surface area contributed by atoms with Crippen LogP contribution in [-0.2, 0) is 9.53 Å². The predicted octanol–water partition coefficient (Wildman–Crippen LogP) is 2.58. The summed E-state index contributed by atoms with van der Waals surface area (Å²) in [7, 11) is 4.75. The number of likely N-dealkylation sites (tertiary alicyclic amines) is 1. The van der Waals surface area contributed by atoms with Crippen molar-refractivity contribution in [2.24, 2.45) is 0 Å². The average Bonchev–Trinajstić information content (AvgIpc) is 3.23. The minimum absolute atomic E-state index is 0.0192. The molecule has 0 aliphatic carbocycles. The van der Waals surface area contributed by atoms with Crippen LogP contribution in [0.4, 0.5) is 0 Å². The molecule has 0 bridgehead atoms. The topological polar surface area (TPSA) is 96.6 Å². The number of aromatic nitrogens is 2. The molecule has 0 saturated carbocycles. The van der Waals surface area contributed by atoms with Gasteiger partial charge in [0, 0.05) is 38.7 Å². The highest BCUT2D eigenvalue weighted by atomic mass is 16.5. The van der Waals surface area contributed by atoms with Crippen molar-refractivity contribution in [2.45, 2.75) is 38.2 Å². The lowest BCUT2D eigenvalue weighted by Crippen LogP contribution is -2.49. The molecular weight excluding hydrogens is 384 g/mol. The molecule has 0 unspecified atom stereocenters. The number of rotatable bonds is 6. The van der Waals surface area contributed by atoms with Gasteiger partial charge in [-0.05, 0) is 51.0 Å². The number of hydrogen-bond donors (Lipinski definition) is 2. The lowest BCUT2D eigenvalue weighted by atomic mass is 9.95. The summed E-state index contributed by atoms with van der Waals surface area (Å²) >= 11 is 0. The van der Waals surface area contributed by atoms with Gasteiger partial charge in [-0.25, -0.2) is 4.98 Å². The Labute approximate surface area is 177 Å². The highest BCUT2D eigenvalue weighted by Crippen LogP contribution is 2.31. The first-order valence-corrected chi connectivity index (χ1v) is 10.1. The van der Waals surface area contributed by atoms with Crippen LogP contribution < -0.4 is 10.1 Å². The number of hydrogen-bond acceptors (Lipinski definition) is 5. The third kappa shape index (κ3) is 4.33. The molecule has 2 heterocycles. The van der Waals surface area contributed by atoms with E-state index < -0.39 is 5.60 Å². The highest BCUT2D eigenvalue weighted by molar-refractivity contribution is 5.98. The Morgan fingerprint density at radius 3 is 2.53 bits per heavy atom. The normalized spacial score (nSPS) is 17.0. The van der Waals surface area contributed by atoms with Crippen LogP contribution in [0.2, 0.25) is 0 Å². The minimum atomic E-state index is -0.868. The highest BCUT2D eigenvalue weighted by Gasteiger charge is 2.36. The third-order valence-corrected chi connectivity index (χ3v) is 5.66. The maximum absolute atomic E-state index is 12.8. The van der Waals surface area contributed by atoms with Gasteiger partial charge in [-0.3, -0.25) is 9.59 Å². The number of nitrogens with one attached hydrogen (secondary N) is 2. The minimum Gasteiger partial charge on any atom is -0.497 e. The number of H-pyrrole nitrogens is 1. The predicted molar refractivity (Wildman–Crippen MR) is 114 cm³/mol. The van der Waals surface area contributed by atoms with Crippen LogP contribution in [0.3, 0.4) is 0 Å². The molecule has 8 nitrogen and oxygen atoms in total. The quantitative estimate of drug-likeness (QED) is 0.757. The molecule has 3 rings (SSSR count). The molecule has 1 atom stereocenters. The molecule has 1 fully saturated rings. The number of methoxy groups -OCH3 is 2. The van der Waals surface area contributed by atoms with Gasteiger partial charge in [0.1, 0.15) is 28.6 Å². The number of piperidine rings is 1. The smallest absolute Gasteiger partial charge is 0.269 e. The summed E-state index contributed by atoms with van der Waals surface area (Å²) in [5.41, 5.74) is 0.958. The third-order valence-electron chi connectivity index (χ3n) is 5.66. The standard InChI is InChI=1S/C22H30N4O4/c1-22(2,30-5)21(28)26-12-6-7-15(13-26)19-24-17(18(25-19)20(27)23-3)14-8-10-16(29-4)11-9-14/h8-11,15H,6-7,12-13H2,1-5H3,(H,23,27)(H,24,25)/t15-/m1/s1. The van der Waals surface area contributed by atoms with Crippen molar-refractivity contribution in [1.29, 1.82) is 0 Å². The van der Waals surface area contributed by atoms with Crippen molar-refractivity contribution in [1.82, 2.24) is 20.2 Å². The first kappa shape index (κ1) is 21.8. The van der Waals surface area contributed by atoms with Crippen LogP contribution in [0, 0.1) is 0 Å². The molecule has 1 aliphatic rings. The van der Waals surface area contributed by atoms with Crippen LogP contribution >= 0.6 is 0 Å². The lowest BCUT2D eigenvalue weighted by Gasteiger charge is -2.36. The van der Waals surface area contributed by atoms with Crippen molar-refractivity contribution in [3.8, 4) is 17.0 Å². The molecule has 0 spiro atoms. The van der Waals surface area contributed by atoms with Gasteiger partial charge in [-0.15, -0.1) is 0 Å². The summed E-state index contributed by atoms with van der Waals surface area (Å²) in [6, 6.07) is 7.43. The number of carbonyl (C=O) groups excluding carboxylic acids is 2. The number of ether oxygens (including phenoxy) is 2. The van der Waals surface area contributed by atoms with Crippen molar-refractivity contribution < 1.29 is 19.1 Å². The molecule has 162 valence electrons. The summed E-state index contributed by atoms with van der Waals surface area (Å²) < 4.78 is 10.6. The number of nitrogens with zero attached hydrogens (tertiary/aromatic N) is 2. The van der Waals surface area contributed by atoms with Gasteiger partial charge in [0.05, 0.1) is 7.11 Å². The maximum Gasteiger partial charge on any atom is 0.269 e. The number of amides is 2. The summed E-state index contributed by atoms with van der Waals surface area (Å²) in [4.78, 5) is 35.1. The number of aromatic amines is 1. The van der Waals surface area contributed by atoms with Crippen molar-refractivity contribution in [3.63, 3.8) is 0 Å². The van der Waals surface area contributed by atoms with E-state index in [0.29, 0.717) is 30.3 Å². The van der Waals surface area contributed by atoms with E-state index in [2.05, 4.69) is 10.3 Å². The second-order valence-corrected chi connectivity index (χ2v) is 7.96. The van der Waals surface area contributed by atoms with E-state index in [9.17, 15) is 9.59 Å². The lowest BCUT2D eigenvalue weighted by molar-refractivity contribution is -0.152. The first-order chi connectivity index (χ1) is 14.3. The average molecular weight is 415 g/mol. The van der Waals surface area contributed by atoms with E-state index in [1.54, 1.807) is 35.1 Å². The van der Waals surface area contributed by atoms with Gasteiger partial charge in [0.2, 0.25) is 0 Å². The van der Waals surface area contributed by atoms with Crippen molar-refractivity contribution in [2.75, 3.05) is 34.4 Å². The van der Waals surface area contributed by atoms with Crippen LogP contribution in [0.1, 0.15) is 48.9 Å². The molecule has 1 saturated heterocycles. The van der Waals surface area contributed by atoms with Crippen LogP contribution in [-0.4, -0.2) is 66.6 Å².